The number of rotatable bonds is 1. The predicted molar refractivity (Wildman–Crippen MR) is 70.4 cm³/mol. The van der Waals surface area contributed by atoms with Crippen LogP contribution in [-0.2, 0) is 6.61 Å². The third-order valence-corrected chi connectivity index (χ3v) is 3.55. The summed E-state index contributed by atoms with van der Waals surface area (Å²) in [6.07, 6.45) is 0. The maximum Gasteiger partial charge on any atom is 0.165 e. The van der Waals surface area contributed by atoms with Gasteiger partial charge in [-0.1, -0.05) is 19.9 Å². The summed E-state index contributed by atoms with van der Waals surface area (Å²) in [7, 11) is 0. The Morgan fingerprint density at radius 1 is 1.17 bits per heavy atom. The number of aromatic hydroxyl groups is 2. The Morgan fingerprint density at radius 3 is 2.56 bits per heavy atom. The van der Waals surface area contributed by atoms with Crippen molar-refractivity contribution in [2.24, 2.45) is 0 Å². The molecule has 2 aromatic carbocycles. The number of hydrogen-bond acceptors (Lipinski definition) is 3. The molecule has 0 aromatic heterocycles. The van der Waals surface area contributed by atoms with Crippen LogP contribution in [0.4, 0.5) is 0 Å². The second kappa shape index (κ2) is 3.55. The molecule has 1 heterocycles. The zero-order chi connectivity index (χ0) is 13.0. The molecular formula is C15H16O3. The Labute approximate surface area is 106 Å². The fraction of sp³-hybridized carbons (Fsp3) is 0.333. The Hall–Kier alpha value is -1.90. The minimum Gasteiger partial charge on any atom is -0.504 e. The van der Waals surface area contributed by atoms with E-state index in [0.29, 0.717) is 12.2 Å². The predicted octanol–water partition coefficient (Wildman–Crippen LogP) is 3.58. The summed E-state index contributed by atoms with van der Waals surface area (Å²) in [5.74, 6) is 0.903. The van der Waals surface area contributed by atoms with Gasteiger partial charge in [0.25, 0.3) is 0 Å². The van der Waals surface area contributed by atoms with Crippen LogP contribution < -0.4 is 4.74 Å². The zero-order valence-corrected chi connectivity index (χ0v) is 10.7. The highest BCUT2D eigenvalue weighted by Gasteiger charge is 2.26. The molecule has 0 atom stereocenters. The van der Waals surface area contributed by atoms with E-state index in [4.69, 9.17) is 4.74 Å². The minimum atomic E-state index is -0.0335. The molecule has 0 saturated heterocycles. The molecule has 1 aliphatic rings. The number of aryl methyl sites for hydroxylation is 1. The van der Waals surface area contributed by atoms with Crippen LogP contribution in [0.25, 0.3) is 10.8 Å². The van der Waals surface area contributed by atoms with Crippen molar-refractivity contribution in [1.82, 2.24) is 0 Å². The Kier molecular flexibility index (Phi) is 2.21. The summed E-state index contributed by atoms with van der Waals surface area (Å²) in [6.45, 7) is 6.35. The minimum absolute atomic E-state index is 0.00505. The summed E-state index contributed by atoms with van der Waals surface area (Å²) in [5.41, 5.74) is 2.58. The van der Waals surface area contributed by atoms with Gasteiger partial charge in [0.15, 0.2) is 11.5 Å². The SMILES string of the molecule is Cc1cc2c3c(c(O)c(O)c(C(C)C)c3c1)CO2. The van der Waals surface area contributed by atoms with E-state index in [2.05, 4.69) is 0 Å². The molecule has 18 heavy (non-hydrogen) atoms. The molecule has 0 saturated carbocycles. The van der Waals surface area contributed by atoms with Crippen LogP contribution in [-0.4, -0.2) is 10.2 Å². The van der Waals surface area contributed by atoms with Gasteiger partial charge in [-0.3, -0.25) is 0 Å². The van der Waals surface area contributed by atoms with Crippen LogP contribution in [0.5, 0.6) is 17.2 Å². The molecule has 94 valence electrons. The van der Waals surface area contributed by atoms with E-state index in [1.807, 2.05) is 32.9 Å². The van der Waals surface area contributed by atoms with E-state index in [-0.39, 0.29) is 17.4 Å². The van der Waals surface area contributed by atoms with E-state index in [1.165, 1.54) is 0 Å². The highest BCUT2D eigenvalue weighted by atomic mass is 16.5. The van der Waals surface area contributed by atoms with Crippen LogP contribution in [0, 0.1) is 6.92 Å². The number of phenols is 2. The molecule has 0 unspecified atom stereocenters. The maximum atomic E-state index is 10.2. The van der Waals surface area contributed by atoms with Gasteiger partial charge in [0.2, 0.25) is 0 Å². The van der Waals surface area contributed by atoms with Gasteiger partial charge in [0.1, 0.15) is 12.4 Å². The summed E-state index contributed by atoms with van der Waals surface area (Å²) in [5, 5.41) is 22.2. The third-order valence-electron chi connectivity index (χ3n) is 3.55. The monoisotopic (exact) mass is 244 g/mol. The molecule has 1 aliphatic heterocycles. The van der Waals surface area contributed by atoms with E-state index in [0.717, 1.165) is 27.6 Å². The first-order chi connectivity index (χ1) is 8.50. The number of hydrogen-bond donors (Lipinski definition) is 2. The Bertz CT molecular complexity index is 657. The average molecular weight is 244 g/mol. The summed E-state index contributed by atoms with van der Waals surface area (Å²) in [6, 6.07) is 4.02. The normalized spacial score (nSPS) is 13.3. The van der Waals surface area contributed by atoms with Crippen LogP contribution in [0.3, 0.4) is 0 Å². The van der Waals surface area contributed by atoms with E-state index < -0.39 is 0 Å². The quantitative estimate of drug-likeness (QED) is 0.754. The average Bonchev–Trinajstić information content (AvgIpc) is 2.69. The van der Waals surface area contributed by atoms with Crippen molar-refractivity contribution in [2.75, 3.05) is 0 Å². The van der Waals surface area contributed by atoms with Gasteiger partial charge in [-0.15, -0.1) is 0 Å². The van der Waals surface area contributed by atoms with Crippen LogP contribution >= 0.6 is 0 Å². The molecule has 3 heteroatoms. The molecule has 0 fully saturated rings. The van der Waals surface area contributed by atoms with Crippen molar-refractivity contribution in [3.05, 3.63) is 28.8 Å². The number of ether oxygens (including phenoxy) is 1. The lowest BCUT2D eigenvalue weighted by molar-refractivity contribution is 0.316. The lowest BCUT2D eigenvalue weighted by Crippen LogP contribution is -1.94. The summed E-state index contributed by atoms with van der Waals surface area (Å²) >= 11 is 0. The van der Waals surface area contributed by atoms with Crippen molar-refractivity contribution < 1.29 is 14.9 Å². The summed E-state index contributed by atoms with van der Waals surface area (Å²) < 4.78 is 5.59. The van der Waals surface area contributed by atoms with E-state index >= 15 is 0 Å². The van der Waals surface area contributed by atoms with Gasteiger partial charge in [0.05, 0.1) is 0 Å². The van der Waals surface area contributed by atoms with Crippen molar-refractivity contribution in [2.45, 2.75) is 33.3 Å². The Balaban J connectivity index is 2.55. The maximum absolute atomic E-state index is 10.2. The van der Waals surface area contributed by atoms with Crippen molar-refractivity contribution >= 4 is 10.8 Å². The van der Waals surface area contributed by atoms with Crippen molar-refractivity contribution in [3.8, 4) is 17.2 Å². The molecule has 3 rings (SSSR count). The second-order valence-corrected chi connectivity index (χ2v) is 5.22. The van der Waals surface area contributed by atoms with Gasteiger partial charge in [-0.05, 0) is 29.9 Å². The molecule has 3 nitrogen and oxygen atoms in total. The standard InChI is InChI=1S/C15H16O3/c1-7(2)12-9-4-8(3)5-11-13(9)10(6-18-11)14(16)15(12)17/h4-5,7,16-17H,6H2,1-3H3. The molecule has 0 aliphatic carbocycles. The first-order valence-electron chi connectivity index (χ1n) is 6.14. The lowest BCUT2D eigenvalue weighted by atomic mass is 9.91. The molecule has 0 spiro atoms. The van der Waals surface area contributed by atoms with Crippen molar-refractivity contribution in [1.29, 1.82) is 0 Å². The number of benzene rings is 2. The first kappa shape index (κ1) is 11.2. The Morgan fingerprint density at radius 2 is 1.89 bits per heavy atom. The van der Waals surface area contributed by atoms with E-state index in [1.54, 1.807) is 0 Å². The summed E-state index contributed by atoms with van der Waals surface area (Å²) in [4.78, 5) is 0. The van der Waals surface area contributed by atoms with Crippen molar-refractivity contribution in [3.63, 3.8) is 0 Å². The fourth-order valence-corrected chi connectivity index (χ4v) is 2.78. The van der Waals surface area contributed by atoms with Crippen LogP contribution in [0.1, 0.15) is 36.5 Å². The van der Waals surface area contributed by atoms with Crippen LogP contribution in [0.2, 0.25) is 0 Å². The molecular weight excluding hydrogens is 228 g/mol. The van der Waals surface area contributed by atoms with Gasteiger partial charge in [0, 0.05) is 16.5 Å². The van der Waals surface area contributed by atoms with Gasteiger partial charge in [-0.2, -0.15) is 0 Å². The highest BCUT2D eigenvalue weighted by molar-refractivity contribution is 5.99. The largest absolute Gasteiger partial charge is 0.504 e. The van der Waals surface area contributed by atoms with E-state index in [9.17, 15) is 10.2 Å². The zero-order valence-electron chi connectivity index (χ0n) is 10.7. The molecule has 2 N–H and O–H groups in total. The second-order valence-electron chi connectivity index (χ2n) is 5.22. The number of phenolic OH excluding ortho intramolecular Hbond substituents is 2. The topological polar surface area (TPSA) is 49.7 Å². The molecule has 0 amide bonds. The van der Waals surface area contributed by atoms with Crippen LogP contribution in [0.15, 0.2) is 12.1 Å². The smallest absolute Gasteiger partial charge is 0.165 e. The van der Waals surface area contributed by atoms with Gasteiger partial charge >= 0.3 is 0 Å². The highest BCUT2D eigenvalue weighted by Crippen LogP contribution is 2.49. The third kappa shape index (κ3) is 1.30. The first-order valence-corrected chi connectivity index (χ1v) is 6.14. The van der Waals surface area contributed by atoms with Gasteiger partial charge < -0.3 is 14.9 Å². The van der Waals surface area contributed by atoms with Gasteiger partial charge in [-0.25, -0.2) is 0 Å². The molecule has 0 radical (unpaired) electrons. The fourth-order valence-electron chi connectivity index (χ4n) is 2.78. The molecule has 0 bridgehead atoms. The molecule has 2 aromatic rings. The lowest BCUT2D eigenvalue weighted by Gasteiger charge is -2.15.